The van der Waals surface area contributed by atoms with Crippen molar-refractivity contribution in [1.82, 2.24) is 4.98 Å². The molecule has 1 heterocycles. The number of phenolic OH excluding ortho intramolecular Hbond substituents is 2. The number of benzene rings is 2. The monoisotopic (exact) mass is 286 g/mol. The van der Waals surface area contributed by atoms with Gasteiger partial charge >= 0.3 is 0 Å². The van der Waals surface area contributed by atoms with E-state index in [0.717, 1.165) is 16.3 Å². The Morgan fingerprint density at radius 2 is 1.80 bits per heavy atom. The van der Waals surface area contributed by atoms with Crippen molar-refractivity contribution in [3.05, 3.63) is 48.0 Å². The zero-order valence-electron chi connectivity index (χ0n) is 10.2. The number of anilines is 1. The molecule has 0 unspecified atom stereocenters. The molecule has 0 aliphatic carbocycles. The minimum Gasteiger partial charge on any atom is -0.508 e. The summed E-state index contributed by atoms with van der Waals surface area (Å²) < 4.78 is 0.974. The number of para-hydroxylation sites is 1. The lowest BCUT2D eigenvalue weighted by Gasteiger charge is -2.03. The van der Waals surface area contributed by atoms with Crippen LogP contribution in [-0.2, 0) is 0 Å². The lowest BCUT2D eigenvalue weighted by molar-refractivity contribution is 0.102. The summed E-state index contributed by atoms with van der Waals surface area (Å²) in [6, 6.07) is 11.3. The first-order chi connectivity index (χ1) is 9.61. The average molecular weight is 286 g/mol. The topological polar surface area (TPSA) is 82.5 Å². The Morgan fingerprint density at radius 3 is 2.50 bits per heavy atom. The van der Waals surface area contributed by atoms with E-state index in [9.17, 15) is 15.0 Å². The molecule has 0 saturated carbocycles. The van der Waals surface area contributed by atoms with Gasteiger partial charge in [0, 0.05) is 11.6 Å². The Labute approximate surface area is 118 Å². The van der Waals surface area contributed by atoms with Crippen molar-refractivity contribution >= 4 is 32.6 Å². The minimum absolute atomic E-state index is 0.167. The molecule has 0 aliphatic heterocycles. The molecular formula is C14H10N2O3S. The highest BCUT2D eigenvalue weighted by Gasteiger charge is 2.11. The molecular weight excluding hydrogens is 276 g/mol. The van der Waals surface area contributed by atoms with E-state index in [4.69, 9.17) is 0 Å². The summed E-state index contributed by atoms with van der Waals surface area (Å²) in [5.74, 6) is -0.769. The van der Waals surface area contributed by atoms with Crippen LogP contribution in [0.4, 0.5) is 5.13 Å². The summed E-state index contributed by atoms with van der Waals surface area (Å²) in [5.41, 5.74) is 0.980. The second kappa shape index (κ2) is 4.82. The lowest BCUT2D eigenvalue weighted by atomic mass is 10.2. The van der Waals surface area contributed by atoms with E-state index >= 15 is 0 Å². The summed E-state index contributed by atoms with van der Waals surface area (Å²) in [6.45, 7) is 0. The molecule has 0 fully saturated rings. The number of phenols is 2. The fourth-order valence-corrected chi connectivity index (χ4v) is 2.68. The number of hydrogen-bond acceptors (Lipinski definition) is 5. The van der Waals surface area contributed by atoms with Gasteiger partial charge in [-0.25, -0.2) is 4.98 Å². The summed E-state index contributed by atoms with van der Waals surface area (Å²) in [5, 5.41) is 21.9. The second-order valence-electron chi connectivity index (χ2n) is 4.18. The van der Waals surface area contributed by atoms with Crippen molar-refractivity contribution in [3.8, 4) is 11.5 Å². The molecule has 1 aromatic heterocycles. The average Bonchev–Trinajstić information content (AvgIpc) is 2.79. The molecule has 0 spiro atoms. The molecule has 5 nitrogen and oxygen atoms in total. The molecule has 0 atom stereocenters. The number of amides is 1. The van der Waals surface area contributed by atoms with Crippen molar-refractivity contribution < 1.29 is 15.0 Å². The molecule has 3 aromatic rings. The molecule has 0 saturated heterocycles. The maximum Gasteiger partial charge on any atom is 0.257 e. The van der Waals surface area contributed by atoms with Gasteiger partial charge in [0.2, 0.25) is 0 Å². The van der Waals surface area contributed by atoms with E-state index in [1.807, 2.05) is 24.3 Å². The number of aromatic hydroxyl groups is 2. The summed E-state index contributed by atoms with van der Waals surface area (Å²) in [4.78, 5) is 16.3. The van der Waals surface area contributed by atoms with Crippen LogP contribution in [0, 0.1) is 0 Å². The fraction of sp³-hybridized carbons (Fsp3) is 0. The highest BCUT2D eigenvalue weighted by Crippen LogP contribution is 2.26. The number of thiazole rings is 1. The first-order valence-corrected chi connectivity index (χ1v) is 6.63. The SMILES string of the molecule is O=C(Nc1nc2ccccc2s1)c1cc(O)cc(O)c1. The number of carbonyl (C=O) groups is 1. The molecule has 3 N–H and O–H groups in total. The van der Waals surface area contributed by atoms with Crippen molar-refractivity contribution in [2.24, 2.45) is 0 Å². The molecule has 6 heteroatoms. The van der Waals surface area contributed by atoms with E-state index in [0.29, 0.717) is 5.13 Å². The van der Waals surface area contributed by atoms with Gasteiger partial charge in [-0.1, -0.05) is 23.5 Å². The van der Waals surface area contributed by atoms with E-state index in [2.05, 4.69) is 10.3 Å². The van der Waals surface area contributed by atoms with Gasteiger partial charge in [-0.3, -0.25) is 10.1 Å². The highest BCUT2D eigenvalue weighted by molar-refractivity contribution is 7.22. The van der Waals surface area contributed by atoms with Gasteiger partial charge in [-0.2, -0.15) is 0 Å². The van der Waals surface area contributed by atoms with E-state index < -0.39 is 5.91 Å². The van der Waals surface area contributed by atoms with Gasteiger partial charge < -0.3 is 10.2 Å². The first kappa shape index (κ1) is 12.4. The molecule has 0 radical (unpaired) electrons. The Kier molecular flexibility index (Phi) is 3.00. The van der Waals surface area contributed by atoms with Crippen molar-refractivity contribution in [1.29, 1.82) is 0 Å². The first-order valence-electron chi connectivity index (χ1n) is 5.82. The third-order valence-electron chi connectivity index (χ3n) is 2.68. The highest BCUT2D eigenvalue weighted by atomic mass is 32.1. The number of aromatic nitrogens is 1. The van der Waals surface area contributed by atoms with Gasteiger partial charge in [0.15, 0.2) is 5.13 Å². The van der Waals surface area contributed by atoms with Crippen LogP contribution >= 0.6 is 11.3 Å². The Balaban J connectivity index is 1.88. The zero-order valence-corrected chi connectivity index (χ0v) is 11.0. The zero-order chi connectivity index (χ0) is 14.1. The Morgan fingerprint density at radius 1 is 1.10 bits per heavy atom. The van der Waals surface area contributed by atoms with Gasteiger partial charge in [-0.05, 0) is 24.3 Å². The maximum atomic E-state index is 12.0. The summed E-state index contributed by atoms with van der Waals surface area (Å²) in [7, 11) is 0. The van der Waals surface area contributed by atoms with Crippen molar-refractivity contribution in [2.75, 3.05) is 5.32 Å². The third-order valence-corrected chi connectivity index (χ3v) is 3.63. The second-order valence-corrected chi connectivity index (χ2v) is 5.21. The number of carbonyl (C=O) groups excluding carboxylic acids is 1. The fourth-order valence-electron chi connectivity index (χ4n) is 1.82. The Hall–Kier alpha value is -2.60. The van der Waals surface area contributed by atoms with Crippen LogP contribution in [0.15, 0.2) is 42.5 Å². The summed E-state index contributed by atoms with van der Waals surface area (Å²) in [6.07, 6.45) is 0. The molecule has 20 heavy (non-hydrogen) atoms. The molecule has 3 rings (SSSR count). The molecule has 0 bridgehead atoms. The minimum atomic E-state index is -0.435. The number of hydrogen-bond donors (Lipinski definition) is 3. The van der Waals surface area contributed by atoms with Crippen LogP contribution in [0.25, 0.3) is 10.2 Å². The number of rotatable bonds is 2. The van der Waals surface area contributed by atoms with Crippen molar-refractivity contribution in [3.63, 3.8) is 0 Å². The van der Waals surface area contributed by atoms with Crippen LogP contribution < -0.4 is 5.32 Å². The predicted molar refractivity (Wildman–Crippen MR) is 77.3 cm³/mol. The van der Waals surface area contributed by atoms with Crippen LogP contribution in [0.2, 0.25) is 0 Å². The predicted octanol–water partition coefficient (Wildman–Crippen LogP) is 2.96. The number of nitrogens with one attached hydrogen (secondary N) is 1. The van der Waals surface area contributed by atoms with E-state index in [-0.39, 0.29) is 17.1 Å². The molecule has 100 valence electrons. The normalized spacial score (nSPS) is 10.6. The lowest BCUT2D eigenvalue weighted by Crippen LogP contribution is -2.11. The maximum absolute atomic E-state index is 12.0. The van der Waals surface area contributed by atoms with Gasteiger partial charge in [0.1, 0.15) is 11.5 Å². The molecule has 2 aromatic carbocycles. The number of nitrogens with zero attached hydrogens (tertiary/aromatic N) is 1. The van der Waals surface area contributed by atoms with Crippen LogP contribution in [-0.4, -0.2) is 21.1 Å². The van der Waals surface area contributed by atoms with E-state index in [1.165, 1.54) is 23.5 Å². The Bertz CT molecular complexity index is 745. The van der Waals surface area contributed by atoms with Crippen molar-refractivity contribution in [2.45, 2.75) is 0 Å². The smallest absolute Gasteiger partial charge is 0.257 e. The van der Waals surface area contributed by atoms with Gasteiger partial charge in [0.05, 0.1) is 10.2 Å². The molecule has 0 aliphatic rings. The van der Waals surface area contributed by atoms with Gasteiger partial charge in [-0.15, -0.1) is 0 Å². The molecule has 1 amide bonds. The number of fused-ring (bicyclic) bond motifs is 1. The van der Waals surface area contributed by atoms with E-state index in [1.54, 1.807) is 0 Å². The van der Waals surface area contributed by atoms with Gasteiger partial charge in [0.25, 0.3) is 5.91 Å². The van der Waals surface area contributed by atoms with Crippen LogP contribution in [0.3, 0.4) is 0 Å². The quantitative estimate of drug-likeness (QED) is 0.676. The largest absolute Gasteiger partial charge is 0.508 e. The van der Waals surface area contributed by atoms with Crippen LogP contribution in [0.1, 0.15) is 10.4 Å². The standard InChI is InChI=1S/C14H10N2O3S/c17-9-5-8(6-10(18)7-9)13(19)16-14-15-11-3-1-2-4-12(11)20-14/h1-7,17-18H,(H,15,16,19). The third kappa shape index (κ3) is 2.41. The summed E-state index contributed by atoms with van der Waals surface area (Å²) >= 11 is 1.36. The van der Waals surface area contributed by atoms with Crippen LogP contribution in [0.5, 0.6) is 11.5 Å².